The summed E-state index contributed by atoms with van der Waals surface area (Å²) < 4.78 is 4.05. The van der Waals surface area contributed by atoms with Crippen molar-refractivity contribution < 1.29 is 20.1 Å². The molecule has 5 nitrogen and oxygen atoms in total. The molecule has 3 aromatic carbocycles. The van der Waals surface area contributed by atoms with E-state index in [1.54, 1.807) is 6.33 Å². The molecule has 0 bridgehead atoms. The number of aryl methyl sites for hydroxylation is 3. The number of rotatable bonds is 3. The number of aromatic nitrogens is 5. The van der Waals surface area contributed by atoms with Gasteiger partial charge in [0, 0.05) is 38.4 Å². The zero-order valence-corrected chi connectivity index (χ0v) is 19.3. The van der Waals surface area contributed by atoms with Crippen LogP contribution in [0.3, 0.4) is 0 Å². The van der Waals surface area contributed by atoms with Gasteiger partial charge in [-0.25, -0.2) is 0 Å². The van der Waals surface area contributed by atoms with E-state index >= 15 is 0 Å². The van der Waals surface area contributed by atoms with Gasteiger partial charge >= 0.3 is 0 Å². The molecular weight excluding hydrogens is 551 g/mol. The summed E-state index contributed by atoms with van der Waals surface area (Å²) in [6.45, 7) is 4.26. The Morgan fingerprint density at radius 2 is 1.63 bits per heavy atom. The van der Waals surface area contributed by atoms with E-state index in [1.807, 2.05) is 36.1 Å². The van der Waals surface area contributed by atoms with Crippen LogP contribution in [0.15, 0.2) is 67.3 Å². The van der Waals surface area contributed by atoms with Gasteiger partial charge in [0.1, 0.15) is 6.33 Å². The summed E-state index contributed by atoms with van der Waals surface area (Å²) in [6.07, 6.45) is 3.59. The third-order valence-electron chi connectivity index (χ3n) is 5.28. The van der Waals surface area contributed by atoms with E-state index in [9.17, 15) is 0 Å². The third-order valence-corrected chi connectivity index (χ3v) is 5.28. The second-order valence-electron chi connectivity index (χ2n) is 7.29. The predicted octanol–water partition coefficient (Wildman–Crippen LogP) is 4.90. The molecule has 0 aliphatic heterocycles. The predicted molar refractivity (Wildman–Crippen MR) is 115 cm³/mol. The molecule has 0 saturated carbocycles. The molecule has 0 unspecified atom stereocenters. The summed E-state index contributed by atoms with van der Waals surface area (Å²) in [5.74, 6) is 0.762. The molecule has 5 aromatic rings. The second kappa shape index (κ2) is 7.98. The quantitative estimate of drug-likeness (QED) is 0.290. The molecule has 2 heterocycles. The number of benzene rings is 3. The molecule has 151 valence electrons. The smallest absolute Gasteiger partial charge is 0.114 e. The van der Waals surface area contributed by atoms with E-state index in [0.717, 1.165) is 28.1 Å². The van der Waals surface area contributed by atoms with Crippen LogP contribution in [0.4, 0.5) is 0 Å². The Morgan fingerprint density at radius 3 is 2.37 bits per heavy atom. The number of fused-ring (bicyclic) bond motifs is 1. The van der Waals surface area contributed by atoms with Crippen LogP contribution in [-0.4, -0.2) is 24.3 Å². The maximum absolute atomic E-state index is 4.46. The largest absolute Gasteiger partial charge is 0.373 e. The molecule has 0 atom stereocenters. The van der Waals surface area contributed by atoms with E-state index in [0.29, 0.717) is 0 Å². The van der Waals surface area contributed by atoms with Crippen molar-refractivity contribution in [3.8, 4) is 28.2 Å². The number of hydrogen-bond acceptors (Lipinski definition) is 3. The molecule has 5 rings (SSSR count). The average molecular weight is 571 g/mol. The van der Waals surface area contributed by atoms with Crippen LogP contribution in [0.1, 0.15) is 11.1 Å². The van der Waals surface area contributed by atoms with E-state index in [4.69, 9.17) is 0 Å². The minimum atomic E-state index is 0. The zero-order chi connectivity index (χ0) is 20.0. The Morgan fingerprint density at radius 1 is 0.900 bits per heavy atom. The molecule has 30 heavy (non-hydrogen) atoms. The summed E-state index contributed by atoms with van der Waals surface area (Å²) in [5, 5.41) is 8.66. The van der Waals surface area contributed by atoms with Gasteiger partial charge in [-0.15, -0.1) is 23.3 Å². The Balaban J connectivity index is 0.00000218. The third kappa shape index (κ3) is 3.28. The van der Waals surface area contributed by atoms with E-state index < -0.39 is 0 Å². The summed E-state index contributed by atoms with van der Waals surface area (Å²) >= 11 is 0. The SMILES string of the molecule is Cc1cc(-c2ccccc2)cc(C)c1-n1cnnc1-c1[c-]ccc2ncn(C)c12.[Ir]. The van der Waals surface area contributed by atoms with Gasteiger partial charge < -0.3 is 9.13 Å². The Bertz CT molecular complexity index is 1310. The topological polar surface area (TPSA) is 48.5 Å². The minimum absolute atomic E-state index is 0. The van der Waals surface area contributed by atoms with Gasteiger partial charge in [-0.1, -0.05) is 35.9 Å². The van der Waals surface area contributed by atoms with E-state index in [-0.39, 0.29) is 20.1 Å². The van der Waals surface area contributed by atoms with Crippen molar-refractivity contribution in [2.75, 3.05) is 0 Å². The number of imidazole rings is 1. The van der Waals surface area contributed by atoms with Crippen molar-refractivity contribution in [2.24, 2.45) is 7.05 Å². The standard InChI is InChI=1S/C24H20N5.Ir/c1-16-12-19(18-8-5-4-6-9-18)13-17(2)22(16)29-15-26-27-24(29)20-10-7-11-21-23(20)28(3)14-25-21;/h4-9,11-15H,1-3H3;/q-1;. The molecule has 0 amide bonds. The number of nitrogens with zero attached hydrogens (tertiary/aromatic N) is 5. The van der Waals surface area contributed by atoms with Crippen LogP contribution in [0.5, 0.6) is 0 Å². The van der Waals surface area contributed by atoms with Crippen LogP contribution < -0.4 is 0 Å². The number of hydrogen-bond donors (Lipinski definition) is 0. The van der Waals surface area contributed by atoms with Crippen LogP contribution >= 0.6 is 0 Å². The molecule has 0 aliphatic carbocycles. The summed E-state index contributed by atoms with van der Waals surface area (Å²) in [6, 6.07) is 22.1. The fourth-order valence-corrected chi connectivity index (χ4v) is 4.02. The maximum atomic E-state index is 4.46. The normalized spacial score (nSPS) is 10.9. The van der Waals surface area contributed by atoms with Gasteiger partial charge in [-0.05, 0) is 53.8 Å². The first-order valence-electron chi connectivity index (χ1n) is 9.52. The van der Waals surface area contributed by atoms with Crippen LogP contribution in [0, 0.1) is 19.9 Å². The van der Waals surface area contributed by atoms with Crippen LogP contribution in [0.25, 0.3) is 39.2 Å². The maximum Gasteiger partial charge on any atom is 0.114 e. The van der Waals surface area contributed by atoms with E-state index in [2.05, 4.69) is 76.1 Å². The van der Waals surface area contributed by atoms with Crippen molar-refractivity contribution in [2.45, 2.75) is 13.8 Å². The molecule has 0 saturated heterocycles. The minimum Gasteiger partial charge on any atom is -0.373 e. The van der Waals surface area contributed by atoms with Crippen molar-refractivity contribution in [3.63, 3.8) is 0 Å². The molecular formula is C24H20IrN5-. The Kier molecular flexibility index (Phi) is 5.37. The van der Waals surface area contributed by atoms with Crippen LogP contribution in [-0.2, 0) is 27.2 Å². The van der Waals surface area contributed by atoms with Gasteiger partial charge in [0.05, 0.1) is 12.2 Å². The Hall–Kier alpha value is -3.08. The molecule has 0 fully saturated rings. The van der Waals surface area contributed by atoms with E-state index in [1.165, 1.54) is 22.3 Å². The monoisotopic (exact) mass is 571 g/mol. The molecule has 0 aliphatic rings. The fraction of sp³-hybridized carbons (Fsp3) is 0.125. The van der Waals surface area contributed by atoms with Crippen molar-refractivity contribution in [3.05, 3.63) is 84.4 Å². The van der Waals surface area contributed by atoms with Gasteiger partial charge in [0.2, 0.25) is 0 Å². The first-order chi connectivity index (χ1) is 14.1. The summed E-state index contributed by atoms with van der Waals surface area (Å²) in [5.41, 5.74) is 8.66. The zero-order valence-electron chi connectivity index (χ0n) is 16.9. The first kappa shape index (κ1) is 20.2. The Labute approximate surface area is 188 Å². The molecule has 6 heteroatoms. The van der Waals surface area contributed by atoms with Crippen molar-refractivity contribution >= 4 is 11.0 Å². The van der Waals surface area contributed by atoms with Gasteiger partial charge in [-0.2, -0.15) is 5.10 Å². The van der Waals surface area contributed by atoms with Crippen LogP contribution in [0.2, 0.25) is 0 Å². The molecule has 0 N–H and O–H groups in total. The summed E-state index contributed by atoms with van der Waals surface area (Å²) in [4.78, 5) is 4.46. The first-order valence-corrected chi connectivity index (χ1v) is 9.52. The average Bonchev–Trinajstić information content (AvgIpc) is 3.35. The summed E-state index contributed by atoms with van der Waals surface area (Å²) in [7, 11) is 1.98. The van der Waals surface area contributed by atoms with Crippen molar-refractivity contribution in [1.29, 1.82) is 0 Å². The molecule has 0 spiro atoms. The molecule has 2 aromatic heterocycles. The molecule has 1 radical (unpaired) electrons. The van der Waals surface area contributed by atoms with Crippen molar-refractivity contribution in [1.82, 2.24) is 24.3 Å². The van der Waals surface area contributed by atoms with Gasteiger partial charge in [0.15, 0.2) is 0 Å². The second-order valence-corrected chi connectivity index (χ2v) is 7.29. The van der Waals surface area contributed by atoms with Gasteiger partial charge in [0.25, 0.3) is 0 Å². The van der Waals surface area contributed by atoms with Gasteiger partial charge in [-0.3, -0.25) is 4.98 Å². The fourth-order valence-electron chi connectivity index (χ4n) is 4.02.